The Hall–Kier alpha value is -3.42. The van der Waals surface area contributed by atoms with Crippen molar-refractivity contribution in [3.05, 3.63) is 41.5 Å². The zero-order valence-corrected chi connectivity index (χ0v) is 20.6. The monoisotopic (exact) mass is 465 g/mol. The second kappa shape index (κ2) is 10.2. The highest BCUT2D eigenvalue weighted by Crippen LogP contribution is 2.45. The number of hydrogen-bond acceptors (Lipinski definition) is 8. The molecule has 0 saturated heterocycles. The predicted molar refractivity (Wildman–Crippen MR) is 139 cm³/mol. The number of carbonyl (C=O) groups excluding carboxylic acids is 1. The van der Waals surface area contributed by atoms with Crippen LogP contribution in [0.4, 0.5) is 22.7 Å². The van der Waals surface area contributed by atoms with E-state index in [1.165, 1.54) is 11.3 Å². The van der Waals surface area contributed by atoms with Crippen LogP contribution in [0.5, 0.6) is 5.75 Å². The van der Waals surface area contributed by atoms with Crippen LogP contribution in [0, 0.1) is 0 Å². The molecule has 2 N–H and O–H groups in total. The third kappa shape index (κ3) is 4.62. The smallest absolute Gasteiger partial charge is 0.356 e. The predicted octanol–water partition coefficient (Wildman–Crippen LogP) is 3.62. The number of anilines is 4. The van der Waals surface area contributed by atoms with Crippen LogP contribution in [-0.2, 0) is 22.4 Å². The molecule has 0 spiro atoms. The minimum atomic E-state index is -0.465. The quantitative estimate of drug-likeness (QED) is 0.350. The van der Waals surface area contributed by atoms with Crippen molar-refractivity contribution in [2.45, 2.75) is 32.6 Å². The summed E-state index contributed by atoms with van der Waals surface area (Å²) >= 11 is 0. The second-order valence-corrected chi connectivity index (χ2v) is 8.84. The second-order valence-electron chi connectivity index (χ2n) is 8.84. The number of nitrogens with one attached hydrogen (secondary N) is 1. The molecule has 2 aliphatic rings. The van der Waals surface area contributed by atoms with Crippen molar-refractivity contribution < 1.29 is 14.6 Å². The van der Waals surface area contributed by atoms with E-state index in [0.29, 0.717) is 5.69 Å². The van der Waals surface area contributed by atoms with E-state index in [4.69, 9.17) is 4.74 Å². The largest absolute Gasteiger partial charge is 0.505 e. The van der Waals surface area contributed by atoms with Gasteiger partial charge in [0.15, 0.2) is 5.71 Å². The number of aryl methyl sites for hydroxylation is 1. The first-order valence-electron chi connectivity index (χ1n) is 12.0. The molecular weight excluding hydrogens is 430 g/mol. The van der Waals surface area contributed by atoms with Gasteiger partial charge in [-0.3, -0.25) is 5.01 Å². The van der Waals surface area contributed by atoms with Gasteiger partial charge in [0.2, 0.25) is 0 Å². The summed E-state index contributed by atoms with van der Waals surface area (Å²) in [5.41, 5.74) is 6.24. The van der Waals surface area contributed by atoms with Gasteiger partial charge in [-0.1, -0.05) is 12.1 Å². The van der Waals surface area contributed by atoms with Crippen molar-refractivity contribution in [3.8, 4) is 5.75 Å². The van der Waals surface area contributed by atoms with E-state index < -0.39 is 5.97 Å². The number of hydrazone groups is 1. The van der Waals surface area contributed by atoms with Gasteiger partial charge in [0.1, 0.15) is 11.4 Å². The SMILES string of the molecule is CCOC(=O)/C(CN(C)c1ccccc1NC)=N\N(C)c1cc2c3c(c1O)CCCN3CCC2. The number of esters is 1. The Bertz CT molecular complexity index is 1080. The summed E-state index contributed by atoms with van der Waals surface area (Å²) in [6.45, 7) is 4.39. The molecule has 0 amide bonds. The maximum absolute atomic E-state index is 12.8. The average molecular weight is 466 g/mol. The highest BCUT2D eigenvalue weighted by Gasteiger charge is 2.29. The summed E-state index contributed by atoms with van der Waals surface area (Å²) in [5, 5.41) is 20.6. The van der Waals surface area contributed by atoms with Gasteiger partial charge in [-0.15, -0.1) is 0 Å². The summed E-state index contributed by atoms with van der Waals surface area (Å²) in [6, 6.07) is 9.92. The van der Waals surface area contributed by atoms with Gasteiger partial charge in [-0.25, -0.2) is 4.79 Å². The average Bonchev–Trinajstić information content (AvgIpc) is 2.85. The van der Waals surface area contributed by atoms with Crippen LogP contribution < -0.4 is 20.1 Å². The first kappa shape index (κ1) is 23.7. The molecule has 2 aromatic carbocycles. The molecule has 2 aromatic rings. The Labute approximate surface area is 201 Å². The lowest BCUT2D eigenvalue weighted by Gasteiger charge is -2.38. The molecule has 0 unspecified atom stereocenters. The number of phenolic OH excluding ortho intramolecular Hbond substituents is 1. The summed E-state index contributed by atoms with van der Waals surface area (Å²) < 4.78 is 5.32. The van der Waals surface area contributed by atoms with Crippen molar-refractivity contribution in [3.63, 3.8) is 0 Å². The minimum absolute atomic E-state index is 0.258. The Morgan fingerprint density at radius 3 is 2.65 bits per heavy atom. The maximum Gasteiger partial charge on any atom is 0.356 e. The van der Waals surface area contributed by atoms with Crippen LogP contribution in [-0.4, -0.2) is 64.2 Å². The van der Waals surface area contributed by atoms with Gasteiger partial charge in [0.05, 0.1) is 24.5 Å². The highest BCUT2D eigenvalue weighted by molar-refractivity contribution is 6.38. The summed E-state index contributed by atoms with van der Waals surface area (Å²) in [4.78, 5) is 17.2. The Morgan fingerprint density at radius 2 is 1.91 bits per heavy atom. The van der Waals surface area contributed by atoms with Gasteiger partial charge >= 0.3 is 5.97 Å². The number of carbonyl (C=O) groups is 1. The number of phenols is 1. The van der Waals surface area contributed by atoms with Crippen molar-refractivity contribution in [1.82, 2.24) is 0 Å². The highest BCUT2D eigenvalue weighted by atomic mass is 16.5. The molecule has 0 bridgehead atoms. The van der Waals surface area contributed by atoms with Gasteiger partial charge in [-0.05, 0) is 56.4 Å². The molecule has 182 valence electrons. The molecule has 2 heterocycles. The van der Waals surface area contributed by atoms with E-state index in [-0.39, 0.29) is 24.6 Å². The number of ether oxygens (including phenoxy) is 1. The molecule has 0 aliphatic carbocycles. The molecular formula is C26H35N5O3. The van der Waals surface area contributed by atoms with Crippen molar-refractivity contribution in [2.75, 3.05) is 67.5 Å². The van der Waals surface area contributed by atoms with Crippen molar-refractivity contribution >= 4 is 34.4 Å². The Kier molecular flexibility index (Phi) is 7.14. The van der Waals surface area contributed by atoms with Crippen molar-refractivity contribution in [1.29, 1.82) is 0 Å². The van der Waals surface area contributed by atoms with Gasteiger partial charge < -0.3 is 25.0 Å². The fraction of sp³-hybridized carbons (Fsp3) is 0.462. The molecule has 8 nitrogen and oxygen atoms in total. The lowest BCUT2D eigenvalue weighted by Crippen LogP contribution is -2.35. The number of hydrogen-bond donors (Lipinski definition) is 2. The Morgan fingerprint density at radius 1 is 1.18 bits per heavy atom. The molecule has 0 radical (unpaired) electrons. The van der Waals surface area contributed by atoms with E-state index in [1.54, 1.807) is 19.0 Å². The lowest BCUT2D eigenvalue weighted by atomic mass is 9.90. The third-order valence-electron chi connectivity index (χ3n) is 6.58. The van der Waals surface area contributed by atoms with E-state index in [2.05, 4.69) is 15.3 Å². The summed E-state index contributed by atoms with van der Waals surface area (Å²) in [6.07, 6.45) is 3.97. The number of rotatable bonds is 8. The normalized spacial score (nSPS) is 14.9. The third-order valence-corrected chi connectivity index (χ3v) is 6.58. The fourth-order valence-electron chi connectivity index (χ4n) is 4.99. The number of nitrogens with zero attached hydrogens (tertiary/aromatic N) is 4. The number of para-hydroxylation sites is 2. The van der Waals surface area contributed by atoms with E-state index in [1.807, 2.05) is 49.3 Å². The van der Waals surface area contributed by atoms with Crippen LogP contribution >= 0.6 is 0 Å². The molecule has 8 heteroatoms. The molecule has 0 saturated carbocycles. The van der Waals surface area contributed by atoms with E-state index in [0.717, 1.165) is 55.7 Å². The summed E-state index contributed by atoms with van der Waals surface area (Å²) in [5.74, 6) is -0.207. The molecule has 34 heavy (non-hydrogen) atoms. The van der Waals surface area contributed by atoms with E-state index in [9.17, 15) is 9.90 Å². The number of aromatic hydroxyl groups is 1. The molecule has 2 aliphatic heterocycles. The number of benzene rings is 2. The maximum atomic E-state index is 12.8. The Balaban J connectivity index is 1.67. The molecule has 0 aromatic heterocycles. The van der Waals surface area contributed by atoms with Gasteiger partial charge in [0, 0.05) is 45.5 Å². The van der Waals surface area contributed by atoms with Gasteiger partial charge in [-0.2, -0.15) is 5.10 Å². The zero-order chi connectivity index (χ0) is 24.2. The first-order valence-corrected chi connectivity index (χ1v) is 12.0. The standard InChI is InChI=1S/C26H35N5O3/c1-5-34-26(33)21(17-29(3)22-13-7-6-12-20(22)27-2)28-30(4)23-16-18-10-8-14-31-15-9-11-19(24(18)31)25(23)32/h6-7,12-13,16,27,32H,5,8-11,14-15,17H2,1-4H3/b28-21-. The van der Waals surface area contributed by atoms with Gasteiger partial charge in [0.25, 0.3) is 0 Å². The zero-order valence-electron chi connectivity index (χ0n) is 20.6. The molecule has 0 fully saturated rings. The minimum Gasteiger partial charge on any atom is -0.505 e. The van der Waals surface area contributed by atoms with Crippen LogP contribution in [0.1, 0.15) is 30.9 Å². The van der Waals surface area contributed by atoms with Crippen LogP contribution in [0.15, 0.2) is 35.4 Å². The van der Waals surface area contributed by atoms with Crippen LogP contribution in [0.3, 0.4) is 0 Å². The van der Waals surface area contributed by atoms with E-state index >= 15 is 0 Å². The topological polar surface area (TPSA) is 80.6 Å². The summed E-state index contributed by atoms with van der Waals surface area (Å²) in [7, 11) is 5.56. The molecule has 4 rings (SSSR count). The fourth-order valence-corrected chi connectivity index (χ4v) is 4.99. The first-order chi connectivity index (χ1) is 16.4. The molecule has 0 atom stereocenters. The lowest BCUT2D eigenvalue weighted by molar-refractivity contribution is -0.135. The van der Waals surface area contributed by atoms with Crippen LogP contribution in [0.2, 0.25) is 0 Å². The van der Waals surface area contributed by atoms with Crippen LogP contribution in [0.25, 0.3) is 0 Å². The van der Waals surface area contributed by atoms with Crippen molar-refractivity contribution in [2.24, 2.45) is 5.10 Å².